The summed E-state index contributed by atoms with van der Waals surface area (Å²) in [6, 6.07) is 21.4. The smallest absolute Gasteiger partial charge is 0.300 e. The largest absolute Gasteiger partial charge is 0.497 e. The van der Waals surface area contributed by atoms with Gasteiger partial charge in [0.2, 0.25) is 5.91 Å². The van der Waals surface area contributed by atoms with E-state index in [1.807, 2.05) is 77.8 Å². The third-order valence-corrected chi connectivity index (χ3v) is 8.09. The topological polar surface area (TPSA) is 103 Å². The van der Waals surface area contributed by atoms with Crippen LogP contribution in [0.25, 0.3) is 31.9 Å². The fraction of sp³-hybridized carbons (Fsp3) is 0.161. The predicted molar refractivity (Wildman–Crippen MR) is 158 cm³/mol. The van der Waals surface area contributed by atoms with Gasteiger partial charge in [0, 0.05) is 49.7 Å². The number of hydrogen-bond acceptors (Lipinski definition) is 9. The second-order valence-corrected chi connectivity index (χ2v) is 10.8. The number of amides is 1. The molecule has 204 valence electrons. The summed E-state index contributed by atoms with van der Waals surface area (Å²) in [4.78, 5) is 28.6. The lowest BCUT2D eigenvalue weighted by Crippen LogP contribution is -2.23. The van der Waals surface area contributed by atoms with E-state index in [-0.39, 0.29) is 5.91 Å². The Hall–Kier alpha value is -4.96. The summed E-state index contributed by atoms with van der Waals surface area (Å²) in [6.45, 7) is 1.42. The minimum atomic E-state index is 0.213. The Bertz CT molecular complexity index is 1860. The molecule has 1 N–H and O–H groups in total. The number of carbonyl (C=O) groups excluding carboxylic acids is 1. The lowest BCUT2D eigenvalue weighted by Gasteiger charge is -2.15. The van der Waals surface area contributed by atoms with Crippen LogP contribution in [0.2, 0.25) is 0 Å². The van der Waals surface area contributed by atoms with Gasteiger partial charge in [-0.05, 0) is 60.5 Å². The van der Waals surface area contributed by atoms with Crippen LogP contribution in [0, 0.1) is 0 Å². The molecule has 0 bridgehead atoms. The Kier molecular flexibility index (Phi) is 6.44. The van der Waals surface area contributed by atoms with Crippen LogP contribution in [-0.4, -0.2) is 39.4 Å². The number of nitrogens with zero attached hydrogens (tertiary/aromatic N) is 4. The van der Waals surface area contributed by atoms with Crippen molar-refractivity contribution in [2.75, 3.05) is 19.0 Å². The molecule has 10 heteroatoms. The number of hydrogen-bond donors (Lipinski definition) is 1. The van der Waals surface area contributed by atoms with Crippen molar-refractivity contribution in [3.63, 3.8) is 0 Å². The fourth-order valence-electron chi connectivity index (χ4n) is 4.83. The highest BCUT2D eigenvalue weighted by Gasteiger charge is 2.20. The maximum absolute atomic E-state index is 12.0. The van der Waals surface area contributed by atoms with Gasteiger partial charge in [-0.15, -0.1) is 11.3 Å². The lowest BCUT2D eigenvalue weighted by atomic mass is 10.2. The average molecular weight is 564 g/mol. The van der Waals surface area contributed by atoms with Gasteiger partial charge in [-0.2, -0.15) is 4.98 Å². The van der Waals surface area contributed by atoms with E-state index in [0.717, 1.165) is 50.8 Å². The molecule has 6 aromatic rings. The van der Waals surface area contributed by atoms with Crippen LogP contribution < -0.4 is 14.8 Å². The third kappa shape index (κ3) is 5.17. The molecule has 5 heterocycles. The van der Waals surface area contributed by atoms with E-state index in [4.69, 9.17) is 13.9 Å². The maximum Gasteiger partial charge on any atom is 0.300 e. The number of rotatable bonds is 8. The van der Waals surface area contributed by atoms with Gasteiger partial charge in [0.15, 0.2) is 5.58 Å². The van der Waals surface area contributed by atoms with Crippen molar-refractivity contribution < 1.29 is 18.7 Å². The molecule has 4 aromatic heterocycles. The number of carbonyl (C=O) groups is 1. The van der Waals surface area contributed by atoms with E-state index in [9.17, 15) is 4.79 Å². The van der Waals surface area contributed by atoms with Crippen molar-refractivity contribution in [1.29, 1.82) is 0 Å². The molecule has 0 radical (unpaired) electrons. The highest BCUT2D eigenvalue weighted by Crippen LogP contribution is 2.39. The van der Waals surface area contributed by atoms with Crippen molar-refractivity contribution in [1.82, 2.24) is 19.9 Å². The molecule has 2 aromatic carbocycles. The van der Waals surface area contributed by atoms with Gasteiger partial charge >= 0.3 is 0 Å². The zero-order valence-corrected chi connectivity index (χ0v) is 23.0. The molecule has 0 unspecified atom stereocenters. The van der Waals surface area contributed by atoms with Crippen LogP contribution in [0.3, 0.4) is 0 Å². The Labute approximate surface area is 239 Å². The third-order valence-electron chi connectivity index (χ3n) is 6.93. The molecular formula is C31H25N5O4S. The lowest BCUT2D eigenvalue weighted by molar-refractivity contribution is -0.128. The highest BCUT2D eigenvalue weighted by molar-refractivity contribution is 7.22. The van der Waals surface area contributed by atoms with Gasteiger partial charge in [-0.3, -0.25) is 14.8 Å². The predicted octanol–water partition coefficient (Wildman–Crippen LogP) is 7.17. The standard InChI is InChI=1S/C31H25N5O4S/c1-38-21-7-5-20(6-8-21)34-31-35-24-15-22(9-11-26(24)40-31)39-27-12-13-32-25-16-28(41-30(25)27)23-10-4-19(17-33-23)18-36-14-2-3-29(36)37/h4-13,15-17H,2-3,14,18H2,1H3,(H,34,35). The molecule has 7 rings (SSSR count). The van der Waals surface area contributed by atoms with Crippen molar-refractivity contribution in [2.45, 2.75) is 19.4 Å². The summed E-state index contributed by atoms with van der Waals surface area (Å²) in [5, 5.41) is 3.18. The van der Waals surface area contributed by atoms with Gasteiger partial charge in [0.25, 0.3) is 6.01 Å². The Morgan fingerprint density at radius 2 is 1.88 bits per heavy atom. The zero-order valence-electron chi connectivity index (χ0n) is 22.2. The Balaban J connectivity index is 1.09. The van der Waals surface area contributed by atoms with E-state index in [0.29, 0.717) is 41.6 Å². The number of anilines is 2. The van der Waals surface area contributed by atoms with Crippen molar-refractivity contribution in [3.05, 3.63) is 84.7 Å². The quantitative estimate of drug-likeness (QED) is 0.208. The SMILES string of the molecule is COc1ccc(Nc2nc3cc(Oc4ccnc5cc(-c6ccc(CN7CCCC7=O)cn6)sc45)ccc3o2)cc1. The highest BCUT2D eigenvalue weighted by atomic mass is 32.1. The minimum absolute atomic E-state index is 0.213. The van der Waals surface area contributed by atoms with E-state index in [1.54, 1.807) is 24.6 Å². The molecule has 0 saturated carbocycles. The van der Waals surface area contributed by atoms with Crippen LogP contribution in [0.1, 0.15) is 18.4 Å². The minimum Gasteiger partial charge on any atom is -0.497 e. The number of ether oxygens (including phenoxy) is 2. The van der Waals surface area contributed by atoms with E-state index in [1.165, 1.54) is 0 Å². The summed E-state index contributed by atoms with van der Waals surface area (Å²) < 4.78 is 18.3. The van der Waals surface area contributed by atoms with Crippen molar-refractivity contribution in [3.8, 4) is 27.8 Å². The van der Waals surface area contributed by atoms with Gasteiger partial charge in [0.1, 0.15) is 22.8 Å². The monoisotopic (exact) mass is 563 g/mol. The van der Waals surface area contributed by atoms with Gasteiger partial charge in [-0.25, -0.2) is 0 Å². The summed E-state index contributed by atoms with van der Waals surface area (Å²) in [5.41, 5.74) is 4.89. The van der Waals surface area contributed by atoms with Crippen LogP contribution in [-0.2, 0) is 11.3 Å². The number of oxazole rings is 1. The van der Waals surface area contributed by atoms with Crippen molar-refractivity contribution in [2.24, 2.45) is 0 Å². The summed E-state index contributed by atoms with van der Waals surface area (Å²) >= 11 is 1.58. The molecule has 9 nitrogen and oxygen atoms in total. The summed E-state index contributed by atoms with van der Waals surface area (Å²) in [7, 11) is 1.63. The van der Waals surface area contributed by atoms with Gasteiger partial charge in [0.05, 0.1) is 27.9 Å². The second-order valence-electron chi connectivity index (χ2n) is 9.71. The molecular weight excluding hydrogens is 538 g/mol. The molecule has 1 fully saturated rings. The normalized spacial score (nSPS) is 13.3. The number of benzene rings is 2. The summed E-state index contributed by atoms with van der Waals surface area (Å²) in [5.74, 6) is 2.34. The first-order valence-electron chi connectivity index (χ1n) is 13.2. The van der Waals surface area contributed by atoms with E-state index < -0.39 is 0 Å². The number of aromatic nitrogens is 3. The van der Waals surface area contributed by atoms with Crippen molar-refractivity contribution >= 4 is 50.3 Å². The second kappa shape index (κ2) is 10.5. The van der Waals surface area contributed by atoms with Crippen LogP contribution in [0.4, 0.5) is 11.7 Å². The zero-order chi connectivity index (χ0) is 27.8. The number of fused-ring (bicyclic) bond motifs is 2. The van der Waals surface area contributed by atoms with Crippen LogP contribution >= 0.6 is 11.3 Å². The van der Waals surface area contributed by atoms with Gasteiger partial charge < -0.3 is 24.1 Å². The number of pyridine rings is 2. The molecule has 0 aliphatic carbocycles. The maximum atomic E-state index is 12.0. The Morgan fingerprint density at radius 1 is 1.00 bits per heavy atom. The van der Waals surface area contributed by atoms with Gasteiger partial charge in [-0.1, -0.05) is 6.07 Å². The van der Waals surface area contributed by atoms with E-state index in [2.05, 4.69) is 20.3 Å². The summed E-state index contributed by atoms with van der Waals surface area (Å²) in [6.07, 6.45) is 5.16. The molecule has 1 saturated heterocycles. The molecule has 41 heavy (non-hydrogen) atoms. The average Bonchev–Trinajstić information content (AvgIpc) is 3.72. The molecule has 1 aliphatic rings. The van der Waals surface area contributed by atoms with Crippen LogP contribution in [0.5, 0.6) is 17.2 Å². The number of thiophene rings is 1. The Morgan fingerprint density at radius 3 is 2.66 bits per heavy atom. The number of methoxy groups -OCH3 is 1. The first kappa shape index (κ1) is 25.0. The molecule has 0 spiro atoms. The first-order valence-corrected chi connectivity index (χ1v) is 14.0. The first-order chi connectivity index (χ1) is 20.1. The van der Waals surface area contributed by atoms with E-state index >= 15 is 0 Å². The molecule has 1 aliphatic heterocycles. The van der Waals surface area contributed by atoms with Crippen LogP contribution in [0.15, 0.2) is 83.5 Å². The molecule has 0 atom stereocenters. The fourth-order valence-corrected chi connectivity index (χ4v) is 5.87. The number of nitrogens with one attached hydrogen (secondary N) is 1. The number of likely N-dealkylation sites (tertiary alicyclic amines) is 1. The molecule has 1 amide bonds.